The van der Waals surface area contributed by atoms with Crippen LogP contribution in [-0.2, 0) is 27.9 Å². The molecule has 0 bridgehead atoms. The molecule has 0 radical (unpaired) electrons. The third-order valence-electron chi connectivity index (χ3n) is 6.22. The van der Waals surface area contributed by atoms with Gasteiger partial charge in [0, 0.05) is 30.2 Å². The van der Waals surface area contributed by atoms with E-state index in [-0.39, 0.29) is 11.5 Å². The lowest BCUT2D eigenvalue weighted by molar-refractivity contribution is -0.135. The number of carbonyl (C=O) groups is 1. The van der Waals surface area contributed by atoms with Crippen molar-refractivity contribution in [3.05, 3.63) is 56.5 Å². The molecule has 2 aliphatic heterocycles. The van der Waals surface area contributed by atoms with Crippen LogP contribution in [-0.4, -0.2) is 53.6 Å². The molecular weight excluding hydrogens is 392 g/mol. The van der Waals surface area contributed by atoms with Gasteiger partial charge in [0.1, 0.15) is 0 Å². The summed E-state index contributed by atoms with van der Waals surface area (Å²) < 4.78 is 5.38. The zero-order valence-electron chi connectivity index (χ0n) is 16.1. The summed E-state index contributed by atoms with van der Waals surface area (Å²) in [7, 11) is 0. The van der Waals surface area contributed by atoms with E-state index >= 15 is 0 Å². The van der Waals surface area contributed by atoms with E-state index in [1.54, 1.807) is 0 Å². The lowest BCUT2D eigenvalue weighted by Crippen LogP contribution is -2.45. The quantitative estimate of drug-likeness (QED) is 0.829. The molecule has 152 valence electrons. The maximum absolute atomic E-state index is 13.4. The van der Waals surface area contributed by atoms with Crippen molar-refractivity contribution in [2.75, 3.05) is 37.7 Å². The minimum Gasteiger partial charge on any atom is -0.378 e. The molecule has 1 aromatic carbocycles. The number of hydrogen-bond donors (Lipinski definition) is 1. The first-order valence-corrected chi connectivity index (χ1v) is 10.4. The van der Waals surface area contributed by atoms with Crippen LogP contribution in [0.3, 0.4) is 0 Å². The monoisotopic (exact) mass is 414 g/mol. The van der Waals surface area contributed by atoms with Gasteiger partial charge < -0.3 is 14.5 Å². The molecule has 2 aromatic rings. The van der Waals surface area contributed by atoms with Gasteiger partial charge in [-0.15, -0.1) is 0 Å². The SMILES string of the molecule is O=C(N1CCc2c(nc(N3CCOCC3)[nH]c2=O)C1)C1(c2ccc(Cl)cc2)CC1. The number of aromatic nitrogens is 2. The fourth-order valence-electron chi connectivity index (χ4n) is 4.35. The van der Waals surface area contributed by atoms with Crippen LogP contribution in [0, 0.1) is 0 Å². The molecule has 0 unspecified atom stereocenters. The van der Waals surface area contributed by atoms with Crippen LogP contribution in [0.25, 0.3) is 0 Å². The molecule has 5 rings (SSSR count). The van der Waals surface area contributed by atoms with E-state index in [9.17, 15) is 9.59 Å². The van der Waals surface area contributed by atoms with Gasteiger partial charge in [-0.3, -0.25) is 14.6 Å². The van der Waals surface area contributed by atoms with Gasteiger partial charge in [-0.1, -0.05) is 23.7 Å². The molecule has 8 heteroatoms. The second-order valence-electron chi connectivity index (χ2n) is 7.98. The van der Waals surface area contributed by atoms with Gasteiger partial charge in [0.15, 0.2) is 0 Å². The first-order valence-electron chi connectivity index (χ1n) is 10.1. The molecule has 1 N–H and O–H groups in total. The second-order valence-corrected chi connectivity index (χ2v) is 8.42. The summed E-state index contributed by atoms with van der Waals surface area (Å²) in [6.45, 7) is 3.56. The van der Waals surface area contributed by atoms with Gasteiger partial charge in [0.25, 0.3) is 5.56 Å². The summed E-state index contributed by atoms with van der Waals surface area (Å²) in [4.78, 5) is 37.5. The molecular formula is C21H23ClN4O3. The molecule has 1 saturated heterocycles. The van der Waals surface area contributed by atoms with Crippen LogP contribution in [0.4, 0.5) is 5.95 Å². The Hall–Kier alpha value is -2.38. The van der Waals surface area contributed by atoms with Crippen molar-refractivity contribution in [1.82, 2.24) is 14.9 Å². The van der Waals surface area contributed by atoms with Gasteiger partial charge in [-0.05, 0) is 37.0 Å². The smallest absolute Gasteiger partial charge is 0.255 e. The Morgan fingerprint density at radius 3 is 2.55 bits per heavy atom. The Balaban J connectivity index is 1.40. The number of fused-ring (bicyclic) bond motifs is 1. The predicted octanol–water partition coefficient (Wildman–Crippen LogP) is 1.88. The Kier molecular flexibility index (Phi) is 4.59. The van der Waals surface area contributed by atoms with Crippen molar-refractivity contribution in [3.63, 3.8) is 0 Å². The fourth-order valence-corrected chi connectivity index (χ4v) is 4.47. The Bertz CT molecular complexity index is 994. The van der Waals surface area contributed by atoms with Crippen molar-refractivity contribution in [1.29, 1.82) is 0 Å². The van der Waals surface area contributed by atoms with Crippen molar-refractivity contribution < 1.29 is 9.53 Å². The predicted molar refractivity (Wildman–Crippen MR) is 109 cm³/mol. The number of amides is 1. The van der Waals surface area contributed by atoms with Gasteiger partial charge in [-0.25, -0.2) is 4.98 Å². The topological polar surface area (TPSA) is 78.5 Å². The summed E-state index contributed by atoms with van der Waals surface area (Å²) in [5, 5.41) is 0.669. The minimum absolute atomic E-state index is 0.0950. The van der Waals surface area contributed by atoms with Crippen molar-refractivity contribution in [3.8, 4) is 0 Å². The number of hydrogen-bond acceptors (Lipinski definition) is 5. The van der Waals surface area contributed by atoms with Gasteiger partial charge in [0.2, 0.25) is 11.9 Å². The van der Waals surface area contributed by atoms with E-state index in [1.165, 1.54) is 0 Å². The van der Waals surface area contributed by atoms with E-state index in [4.69, 9.17) is 21.3 Å². The third kappa shape index (κ3) is 3.32. The molecule has 1 aliphatic carbocycles. The van der Waals surface area contributed by atoms with Crippen molar-refractivity contribution >= 4 is 23.5 Å². The fraction of sp³-hybridized carbons (Fsp3) is 0.476. The van der Waals surface area contributed by atoms with Crippen LogP contribution in [0.5, 0.6) is 0 Å². The Labute approximate surface area is 173 Å². The normalized spacial score (nSPS) is 20.3. The highest BCUT2D eigenvalue weighted by Crippen LogP contribution is 2.50. The average Bonchev–Trinajstić information content (AvgIpc) is 3.56. The first-order chi connectivity index (χ1) is 14.1. The zero-order chi connectivity index (χ0) is 20.0. The molecule has 29 heavy (non-hydrogen) atoms. The standard InChI is InChI=1S/C21H23ClN4O3/c22-15-3-1-14(2-4-15)21(6-7-21)19(28)26-8-5-16-17(13-26)23-20(24-18(16)27)25-9-11-29-12-10-25/h1-4H,5-13H2,(H,23,24,27). The largest absolute Gasteiger partial charge is 0.378 e. The zero-order valence-corrected chi connectivity index (χ0v) is 16.9. The maximum Gasteiger partial charge on any atom is 0.255 e. The first kappa shape index (κ1) is 18.6. The van der Waals surface area contributed by atoms with Crippen LogP contribution in [0.2, 0.25) is 5.02 Å². The van der Waals surface area contributed by atoms with E-state index in [1.807, 2.05) is 34.1 Å². The number of rotatable bonds is 3. The van der Waals surface area contributed by atoms with Gasteiger partial charge in [-0.2, -0.15) is 0 Å². The number of H-pyrrole nitrogens is 1. The highest BCUT2D eigenvalue weighted by atomic mass is 35.5. The molecule has 7 nitrogen and oxygen atoms in total. The Morgan fingerprint density at radius 2 is 1.86 bits per heavy atom. The minimum atomic E-state index is -0.448. The van der Waals surface area contributed by atoms with Gasteiger partial charge >= 0.3 is 0 Å². The summed E-state index contributed by atoms with van der Waals surface area (Å²) in [6, 6.07) is 7.58. The molecule has 0 spiro atoms. The summed E-state index contributed by atoms with van der Waals surface area (Å²) in [5.74, 6) is 0.700. The molecule has 0 atom stereocenters. The van der Waals surface area contributed by atoms with E-state index in [0.717, 1.165) is 18.4 Å². The number of anilines is 1. The number of benzene rings is 1. The van der Waals surface area contributed by atoms with Crippen molar-refractivity contribution in [2.24, 2.45) is 0 Å². The van der Waals surface area contributed by atoms with Crippen LogP contribution < -0.4 is 10.5 Å². The van der Waals surface area contributed by atoms with Crippen LogP contribution >= 0.6 is 11.6 Å². The summed E-state index contributed by atoms with van der Waals surface area (Å²) >= 11 is 6.01. The lowest BCUT2D eigenvalue weighted by Gasteiger charge is -2.32. The lowest BCUT2D eigenvalue weighted by atomic mass is 9.93. The molecule has 3 aliphatic rings. The van der Waals surface area contributed by atoms with E-state index in [2.05, 4.69) is 4.98 Å². The number of morpholine rings is 1. The number of halogens is 1. The van der Waals surface area contributed by atoms with Crippen LogP contribution in [0.15, 0.2) is 29.1 Å². The molecule has 3 heterocycles. The average molecular weight is 415 g/mol. The molecule has 2 fully saturated rings. The number of carbonyl (C=O) groups excluding carboxylic acids is 1. The number of nitrogens with zero attached hydrogens (tertiary/aromatic N) is 3. The maximum atomic E-state index is 13.4. The number of nitrogens with one attached hydrogen (secondary N) is 1. The highest BCUT2D eigenvalue weighted by Gasteiger charge is 2.53. The molecule has 1 aromatic heterocycles. The van der Waals surface area contributed by atoms with E-state index in [0.29, 0.717) is 68.0 Å². The van der Waals surface area contributed by atoms with Crippen molar-refractivity contribution in [2.45, 2.75) is 31.2 Å². The number of aromatic amines is 1. The molecule has 1 saturated carbocycles. The molecule has 1 amide bonds. The van der Waals surface area contributed by atoms with Gasteiger partial charge in [0.05, 0.1) is 30.9 Å². The summed E-state index contributed by atoms with van der Waals surface area (Å²) in [5.41, 5.74) is 1.88. The number of ether oxygens (including phenoxy) is 1. The third-order valence-corrected chi connectivity index (χ3v) is 6.47. The van der Waals surface area contributed by atoms with Crippen LogP contribution in [0.1, 0.15) is 29.7 Å². The van der Waals surface area contributed by atoms with E-state index < -0.39 is 5.41 Å². The summed E-state index contributed by atoms with van der Waals surface area (Å²) in [6.07, 6.45) is 2.22. The Morgan fingerprint density at radius 1 is 1.14 bits per heavy atom. The highest BCUT2D eigenvalue weighted by molar-refractivity contribution is 6.30. The second kappa shape index (κ2) is 7.15.